The van der Waals surface area contributed by atoms with Crippen LogP contribution in [0.2, 0.25) is 0 Å². The number of hydrogen-bond acceptors (Lipinski definition) is 5. The fraction of sp³-hybridized carbons (Fsp3) is 0.227. The van der Waals surface area contributed by atoms with Crippen molar-refractivity contribution in [3.63, 3.8) is 0 Å². The summed E-state index contributed by atoms with van der Waals surface area (Å²) in [6, 6.07) is 19.8. The molecule has 5 nitrogen and oxygen atoms in total. The van der Waals surface area contributed by atoms with Crippen molar-refractivity contribution in [2.24, 2.45) is 0 Å². The lowest BCUT2D eigenvalue weighted by Crippen LogP contribution is -2.32. The number of benzene rings is 2. The van der Waals surface area contributed by atoms with Crippen molar-refractivity contribution < 1.29 is 9.59 Å². The van der Waals surface area contributed by atoms with Gasteiger partial charge in [-0.05, 0) is 29.5 Å². The molecule has 148 valence electrons. The highest BCUT2D eigenvalue weighted by Gasteiger charge is 2.29. The minimum Gasteiger partial charge on any atom is -0.351 e. The number of allylic oxidation sites excluding steroid dienone is 1. The van der Waals surface area contributed by atoms with Crippen LogP contribution >= 0.6 is 23.5 Å². The number of rotatable bonds is 7. The summed E-state index contributed by atoms with van der Waals surface area (Å²) in [5.74, 6) is -0.454. The first-order valence-electron chi connectivity index (χ1n) is 9.12. The summed E-state index contributed by atoms with van der Waals surface area (Å²) in [4.78, 5) is 25.6. The molecular formula is C22H21N3O2S2. The molecule has 1 atom stereocenters. The molecule has 0 saturated heterocycles. The average Bonchev–Trinajstić information content (AvgIpc) is 2.76. The molecule has 0 radical (unpaired) electrons. The summed E-state index contributed by atoms with van der Waals surface area (Å²) >= 11 is 2.83. The quantitative estimate of drug-likeness (QED) is 0.662. The van der Waals surface area contributed by atoms with Gasteiger partial charge in [0.15, 0.2) is 0 Å². The van der Waals surface area contributed by atoms with E-state index >= 15 is 0 Å². The largest absolute Gasteiger partial charge is 0.351 e. The summed E-state index contributed by atoms with van der Waals surface area (Å²) in [7, 11) is 0. The highest BCUT2D eigenvalue weighted by molar-refractivity contribution is 8.03. The minimum absolute atomic E-state index is 0.131. The summed E-state index contributed by atoms with van der Waals surface area (Å²) in [6.45, 7) is 0.446. The lowest BCUT2D eigenvalue weighted by molar-refractivity contribution is -0.121. The van der Waals surface area contributed by atoms with E-state index in [4.69, 9.17) is 0 Å². The number of carbonyl (C=O) groups excluding carboxylic acids is 2. The van der Waals surface area contributed by atoms with Gasteiger partial charge in [-0.15, -0.1) is 11.8 Å². The first-order valence-corrected chi connectivity index (χ1v) is 11.3. The first kappa shape index (κ1) is 21.0. The molecule has 0 fully saturated rings. The molecule has 0 bridgehead atoms. The Labute approximate surface area is 179 Å². The second kappa shape index (κ2) is 10.2. The molecule has 3 rings (SSSR count). The van der Waals surface area contributed by atoms with Crippen molar-refractivity contribution in [2.45, 2.75) is 23.8 Å². The maximum atomic E-state index is 12.2. The first-order chi connectivity index (χ1) is 14.1. The number of nitrogens with zero attached hydrogens (tertiary/aromatic N) is 1. The van der Waals surface area contributed by atoms with E-state index in [1.807, 2.05) is 60.9 Å². The monoisotopic (exact) mass is 423 g/mol. The smallest absolute Gasteiger partial charge is 0.230 e. The minimum atomic E-state index is -0.292. The molecule has 1 aliphatic rings. The van der Waals surface area contributed by atoms with Gasteiger partial charge in [0.05, 0.1) is 22.4 Å². The van der Waals surface area contributed by atoms with Crippen molar-refractivity contribution >= 4 is 35.3 Å². The van der Waals surface area contributed by atoms with E-state index in [1.54, 1.807) is 11.8 Å². The predicted octanol–water partition coefficient (Wildman–Crippen LogP) is 3.80. The van der Waals surface area contributed by atoms with E-state index in [0.717, 1.165) is 16.0 Å². The molecular weight excluding hydrogens is 402 g/mol. The van der Waals surface area contributed by atoms with Crippen molar-refractivity contribution in [1.82, 2.24) is 10.6 Å². The van der Waals surface area contributed by atoms with Gasteiger partial charge in [0.25, 0.3) is 0 Å². The van der Waals surface area contributed by atoms with E-state index in [0.29, 0.717) is 17.1 Å². The number of thioether (sulfide) groups is 2. The van der Waals surface area contributed by atoms with Gasteiger partial charge in [0.2, 0.25) is 11.8 Å². The van der Waals surface area contributed by atoms with Crippen LogP contribution in [0, 0.1) is 11.3 Å². The summed E-state index contributed by atoms with van der Waals surface area (Å²) < 4.78 is 0. The van der Waals surface area contributed by atoms with E-state index in [1.165, 1.54) is 11.8 Å². The Morgan fingerprint density at radius 1 is 1.21 bits per heavy atom. The number of nitrogens with one attached hydrogen (secondary N) is 2. The van der Waals surface area contributed by atoms with Crippen molar-refractivity contribution in [1.29, 1.82) is 5.26 Å². The van der Waals surface area contributed by atoms with E-state index in [2.05, 4.69) is 16.7 Å². The fourth-order valence-corrected chi connectivity index (χ4v) is 4.35. The van der Waals surface area contributed by atoms with Gasteiger partial charge >= 0.3 is 0 Å². The van der Waals surface area contributed by atoms with Crippen LogP contribution in [0.4, 0.5) is 0 Å². The van der Waals surface area contributed by atoms with Crippen molar-refractivity contribution in [2.75, 3.05) is 12.0 Å². The zero-order chi connectivity index (χ0) is 20.6. The van der Waals surface area contributed by atoms with Gasteiger partial charge in [0.1, 0.15) is 0 Å². The van der Waals surface area contributed by atoms with Crippen molar-refractivity contribution in [3.05, 3.63) is 76.3 Å². The molecule has 1 heterocycles. The maximum Gasteiger partial charge on any atom is 0.230 e. The second-order valence-corrected chi connectivity index (χ2v) is 8.35. The van der Waals surface area contributed by atoms with Crippen molar-refractivity contribution in [3.8, 4) is 6.07 Å². The van der Waals surface area contributed by atoms with Crippen LogP contribution in [-0.2, 0) is 16.1 Å². The van der Waals surface area contributed by atoms with E-state index in [-0.39, 0.29) is 29.9 Å². The third-order valence-electron chi connectivity index (χ3n) is 4.55. The molecule has 0 unspecified atom stereocenters. The van der Waals surface area contributed by atoms with E-state index < -0.39 is 0 Å². The number of carbonyl (C=O) groups is 2. The van der Waals surface area contributed by atoms with E-state index in [9.17, 15) is 14.9 Å². The zero-order valence-electron chi connectivity index (χ0n) is 16.0. The average molecular weight is 424 g/mol. The highest BCUT2D eigenvalue weighted by Crippen LogP contribution is 2.36. The van der Waals surface area contributed by atoms with Gasteiger partial charge in [-0.1, -0.05) is 54.2 Å². The number of hydrogen-bond donors (Lipinski definition) is 2. The van der Waals surface area contributed by atoms with Crippen LogP contribution in [0.15, 0.2) is 70.1 Å². The van der Waals surface area contributed by atoms with Crippen LogP contribution in [0.5, 0.6) is 0 Å². The topological polar surface area (TPSA) is 82.0 Å². The molecule has 0 saturated carbocycles. The predicted molar refractivity (Wildman–Crippen MR) is 117 cm³/mol. The summed E-state index contributed by atoms with van der Waals surface area (Å²) in [5.41, 5.74) is 2.45. The van der Waals surface area contributed by atoms with Gasteiger partial charge in [0, 0.05) is 23.8 Å². The highest BCUT2D eigenvalue weighted by atomic mass is 32.2. The molecule has 0 spiro atoms. The third kappa shape index (κ3) is 5.66. The van der Waals surface area contributed by atoms with Crippen LogP contribution in [-0.4, -0.2) is 23.8 Å². The molecule has 2 N–H and O–H groups in total. The lowest BCUT2D eigenvalue weighted by Gasteiger charge is -2.25. The lowest BCUT2D eigenvalue weighted by atomic mass is 9.87. The molecule has 2 aromatic carbocycles. The van der Waals surface area contributed by atoms with Gasteiger partial charge in [-0.2, -0.15) is 5.26 Å². The Kier molecular flexibility index (Phi) is 7.39. The van der Waals surface area contributed by atoms with Crippen LogP contribution in [0.25, 0.3) is 0 Å². The van der Waals surface area contributed by atoms with Gasteiger partial charge in [-0.25, -0.2) is 0 Å². The standard InChI is InChI=1S/C22H21N3O2S2/c1-28-17-9-7-16(8-10-17)18-11-20(26)25-22(19(18)12-23)29-14-21(27)24-13-15-5-3-2-4-6-15/h2-10,18H,11,13-14H2,1H3,(H,24,27)(H,25,26)/t18-/m1/s1. The molecule has 2 amide bonds. The molecule has 0 aliphatic carbocycles. The Hall–Kier alpha value is -2.69. The molecule has 29 heavy (non-hydrogen) atoms. The van der Waals surface area contributed by atoms with Crippen LogP contribution in [0.1, 0.15) is 23.5 Å². The third-order valence-corrected chi connectivity index (χ3v) is 6.32. The van der Waals surface area contributed by atoms with Crippen LogP contribution < -0.4 is 10.6 Å². The summed E-state index contributed by atoms with van der Waals surface area (Å²) in [6.07, 6.45) is 2.23. The zero-order valence-corrected chi connectivity index (χ0v) is 17.6. The Balaban J connectivity index is 1.68. The number of amides is 2. The molecule has 1 aliphatic heterocycles. The molecule has 0 aromatic heterocycles. The Bertz CT molecular complexity index is 950. The summed E-state index contributed by atoms with van der Waals surface area (Å²) in [5, 5.41) is 15.8. The number of nitriles is 1. The van der Waals surface area contributed by atoms with Gasteiger partial charge < -0.3 is 10.6 Å². The Morgan fingerprint density at radius 3 is 2.59 bits per heavy atom. The molecule has 7 heteroatoms. The fourth-order valence-electron chi connectivity index (χ4n) is 3.04. The maximum absolute atomic E-state index is 12.2. The van der Waals surface area contributed by atoms with Gasteiger partial charge in [-0.3, -0.25) is 9.59 Å². The second-order valence-electron chi connectivity index (χ2n) is 6.48. The Morgan fingerprint density at radius 2 is 1.93 bits per heavy atom. The SMILES string of the molecule is CSc1ccc([C@H]2CC(=O)NC(SCC(=O)NCc3ccccc3)=C2C#N)cc1. The van der Waals surface area contributed by atoms with Crippen LogP contribution in [0.3, 0.4) is 0 Å². The normalized spacial score (nSPS) is 16.1. The molecule has 2 aromatic rings.